The molecule has 3 rings (SSSR count). The average molecular weight is 448 g/mol. The number of carbonyl (C=O) groups is 2. The van der Waals surface area contributed by atoms with Gasteiger partial charge in [-0.2, -0.15) is 13.2 Å². The highest BCUT2D eigenvalue weighted by Crippen LogP contribution is 2.32. The van der Waals surface area contributed by atoms with Gasteiger partial charge in [0.15, 0.2) is 0 Å². The number of fused-ring (bicyclic) bond motifs is 1. The lowest BCUT2D eigenvalue weighted by Crippen LogP contribution is -2.53. The Bertz CT molecular complexity index is 1160. The van der Waals surface area contributed by atoms with E-state index in [0.29, 0.717) is 33.3 Å². The van der Waals surface area contributed by atoms with Crippen LogP contribution in [-0.4, -0.2) is 32.9 Å². The number of aromatic amines is 1. The Morgan fingerprint density at radius 1 is 1.19 bits per heavy atom. The van der Waals surface area contributed by atoms with Gasteiger partial charge in [0, 0.05) is 53.4 Å². The van der Waals surface area contributed by atoms with Gasteiger partial charge in [0.25, 0.3) is 0 Å². The number of nitrogens with two attached hydrogens (primary N) is 2. The number of H-pyrrole nitrogens is 1. The molecule has 2 amide bonds. The third kappa shape index (κ3) is 4.72. The number of nitrogens with one attached hydrogen (secondary N) is 2. The fraction of sp³-hybridized carbons (Fsp3) is 0.333. The number of alkyl halides is 3. The van der Waals surface area contributed by atoms with E-state index in [9.17, 15) is 22.8 Å². The summed E-state index contributed by atoms with van der Waals surface area (Å²) in [6.45, 7) is 3.46. The minimum absolute atomic E-state index is 0.109. The lowest BCUT2D eigenvalue weighted by Gasteiger charge is -2.30. The van der Waals surface area contributed by atoms with Crippen LogP contribution in [0.25, 0.3) is 22.2 Å². The molecule has 32 heavy (non-hydrogen) atoms. The molecule has 170 valence electrons. The molecule has 8 nitrogen and oxygen atoms in total. The van der Waals surface area contributed by atoms with Crippen molar-refractivity contribution < 1.29 is 22.8 Å². The van der Waals surface area contributed by atoms with E-state index < -0.39 is 30.0 Å². The summed E-state index contributed by atoms with van der Waals surface area (Å²) in [6.07, 6.45) is 0.114. The van der Waals surface area contributed by atoms with Crippen LogP contribution in [-0.2, 0) is 21.7 Å². The summed E-state index contributed by atoms with van der Waals surface area (Å²) in [4.78, 5) is 35.0. The Hall–Kier alpha value is -3.47. The molecule has 0 saturated heterocycles. The number of primary amides is 1. The zero-order valence-corrected chi connectivity index (χ0v) is 17.5. The van der Waals surface area contributed by atoms with Crippen LogP contribution < -0.4 is 16.8 Å². The molecule has 3 heterocycles. The summed E-state index contributed by atoms with van der Waals surface area (Å²) in [5.74, 6) is -2.08. The Labute approximate surface area is 181 Å². The molecule has 0 fully saturated rings. The quantitative estimate of drug-likeness (QED) is 0.440. The number of aromatic nitrogens is 3. The monoisotopic (exact) mass is 448 g/mol. The standard InChI is InChI=1S/C21H23F3N6O2/c1-11(2)21(26,19(25)32)14-4-13(8-27-9-14)16-10-30-18-15(16)3-12(7-29-18)6-28-17(31)5-20(22,23)24/h3-4,7-11H,5-6,26H2,1-2H3,(H2,25,32)(H,28,31)(H,29,30)/t21-/m1/s1. The first-order valence-corrected chi connectivity index (χ1v) is 9.76. The summed E-state index contributed by atoms with van der Waals surface area (Å²) >= 11 is 0. The maximum Gasteiger partial charge on any atom is 0.397 e. The van der Waals surface area contributed by atoms with Crippen molar-refractivity contribution in [3.63, 3.8) is 0 Å². The molecule has 6 N–H and O–H groups in total. The number of halogens is 3. The van der Waals surface area contributed by atoms with Gasteiger partial charge in [0.1, 0.15) is 17.6 Å². The first-order valence-electron chi connectivity index (χ1n) is 9.76. The summed E-state index contributed by atoms with van der Waals surface area (Å²) < 4.78 is 37.0. The average Bonchev–Trinajstić information content (AvgIpc) is 3.13. The van der Waals surface area contributed by atoms with Gasteiger partial charge in [0.05, 0.1) is 0 Å². The number of pyridine rings is 2. The predicted octanol–water partition coefficient (Wildman–Crippen LogP) is 2.49. The van der Waals surface area contributed by atoms with Crippen molar-refractivity contribution in [3.8, 4) is 11.1 Å². The molecule has 0 saturated carbocycles. The van der Waals surface area contributed by atoms with E-state index in [0.717, 1.165) is 0 Å². The molecule has 0 aliphatic heterocycles. The van der Waals surface area contributed by atoms with Crippen LogP contribution in [0.15, 0.2) is 36.9 Å². The lowest BCUT2D eigenvalue weighted by molar-refractivity contribution is -0.153. The third-order valence-electron chi connectivity index (χ3n) is 5.28. The first-order chi connectivity index (χ1) is 14.9. The molecular weight excluding hydrogens is 425 g/mol. The second-order valence-electron chi connectivity index (χ2n) is 7.86. The van der Waals surface area contributed by atoms with Crippen LogP contribution in [0.5, 0.6) is 0 Å². The van der Waals surface area contributed by atoms with Crippen LogP contribution in [0.4, 0.5) is 13.2 Å². The normalized spacial score (nSPS) is 13.8. The van der Waals surface area contributed by atoms with Crippen molar-refractivity contribution in [1.82, 2.24) is 20.3 Å². The van der Waals surface area contributed by atoms with E-state index >= 15 is 0 Å². The van der Waals surface area contributed by atoms with Crippen molar-refractivity contribution in [2.75, 3.05) is 0 Å². The van der Waals surface area contributed by atoms with Crippen molar-refractivity contribution in [1.29, 1.82) is 0 Å². The van der Waals surface area contributed by atoms with Crippen molar-refractivity contribution >= 4 is 22.8 Å². The van der Waals surface area contributed by atoms with E-state index in [1.54, 1.807) is 38.4 Å². The van der Waals surface area contributed by atoms with Crippen molar-refractivity contribution in [3.05, 3.63) is 48.0 Å². The Kier molecular flexibility index (Phi) is 6.22. The van der Waals surface area contributed by atoms with E-state index in [4.69, 9.17) is 11.5 Å². The lowest BCUT2D eigenvalue weighted by atomic mass is 9.80. The fourth-order valence-electron chi connectivity index (χ4n) is 3.40. The van der Waals surface area contributed by atoms with Gasteiger partial charge in [-0.3, -0.25) is 14.6 Å². The van der Waals surface area contributed by atoms with E-state index in [-0.39, 0.29) is 12.5 Å². The molecule has 0 aliphatic carbocycles. The van der Waals surface area contributed by atoms with Crippen molar-refractivity contribution in [2.45, 2.75) is 38.5 Å². The highest BCUT2D eigenvalue weighted by Gasteiger charge is 2.38. The molecule has 0 aromatic carbocycles. The zero-order valence-electron chi connectivity index (χ0n) is 17.5. The van der Waals surface area contributed by atoms with Gasteiger partial charge in [-0.15, -0.1) is 0 Å². The summed E-state index contributed by atoms with van der Waals surface area (Å²) in [5.41, 5.74) is 13.3. The van der Waals surface area contributed by atoms with Gasteiger partial charge in [-0.25, -0.2) is 4.98 Å². The number of nitrogens with zero attached hydrogens (tertiary/aromatic N) is 2. The smallest absolute Gasteiger partial charge is 0.368 e. The third-order valence-corrected chi connectivity index (χ3v) is 5.28. The topological polar surface area (TPSA) is 140 Å². The van der Waals surface area contributed by atoms with E-state index in [2.05, 4.69) is 20.3 Å². The highest BCUT2D eigenvalue weighted by molar-refractivity contribution is 5.94. The van der Waals surface area contributed by atoms with E-state index in [1.807, 2.05) is 0 Å². The molecule has 3 aromatic rings. The van der Waals surface area contributed by atoms with Gasteiger partial charge < -0.3 is 21.8 Å². The second-order valence-corrected chi connectivity index (χ2v) is 7.86. The molecule has 11 heteroatoms. The summed E-state index contributed by atoms with van der Waals surface area (Å²) in [5, 5.41) is 2.90. The molecule has 0 unspecified atom stereocenters. The van der Waals surface area contributed by atoms with Gasteiger partial charge in [-0.05, 0) is 23.6 Å². The van der Waals surface area contributed by atoms with Crippen molar-refractivity contribution in [2.24, 2.45) is 17.4 Å². The summed E-state index contributed by atoms with van der Waals surface area (Å²) in [6, 6.07) is 3.43. The largest absolute Gasteiger partial charge is 0.397 e. The Balaban J connectivity index is 1.93. The predicted molar refractivity (Wildman–Crippen MR) is 112 cm³/mol. The SMILES string of the molecule is CC(C)[C@](N)(C(N)=O)c1cncc(-c2c[nH]c3ncc(CNC(=O)CC(F)(F)F)cc23)c1. The number of amides is 2. The number of hydrogen-bond acceptors (Lipinski definition) is 5. The van der Waals surface area contributed by atoms with Gasteiger partial charge >= 0.3 is 6.18 Å². The summed E-state index contributed by atoms with van der Waals surface area (Å²) in [7, 11) is 0. The van der Waals surface area contributed by atoms with E-state index in [1.165, 1.54) is 12.4 Å². The molecule has 0 spiro atoms. The molecule has 0 radical (unpaired) electrons. The Morgan fingerprint density at radius 2 is 1.91 bits per heavy atom. The molecular formula is C21H23F3N6O2. The number of hydrogen-bond donors (Lipinski definition) is 4. The number of carbonyl (C=O) groups excluding carboxylic acids is 2. The Morgan fingerprint density at radius 3 is 2.53 bits per heavy atom. The van der Waals surface area contributed by atoms with Crippen LogP contribution in [0.1, 0.15) is 31.4 Å². The molecule has 0 bridgehead atoms. The molecule has 0 aliphatic rings. The zero-order chi connectivity index (χ0) is 23.7. The maximum atomic E-state index is 12.3. The minimum Gasteiger partial charge on any atom is -0.368 e. The van der Waals surface area contributed by atoms with Crippen LogP contribution >= 0.6 is 0 Å². The molecule has 3 aromatic heterocycles. The first kappa shape index (κ1) is 23.2. The number of rotatable bonds is 7. The van der Waals surface area contributed by atoms with Crippen LogP contribution in [0.3, 0.4) is 0 Å². The maximum absolute atomic E-state index is 12.3. The molecule has 1 atom stereocenters. The van der Waals surface area contributed by atoms with Crippen LogP contribution in [0.2, 0.25) is 0 Å². The van der Waals surface area contributed by atoms with Crippen LogP contribution in [0, 0.1) is 5.92 Å². The highest BCUT2D eigenvalue weighted by atomic mass is 19.4. The minimum atomic E-state index is -4.57. The van der Waals surface area contributed by atoms with Gasteiger partial charge in [0.2, 0.25) is 11.8 Å². The second kappa shape index (κ2) is 8.58. The van der Waals surface area contributed by atoms with Gasteiger partial charge in [-0.1, -0.05) is 13.8 Å². The fourth-order valence-corrected chi connectivity index (χ4v) is 3.40.